The Morgan fingerprint density at radius 3 is 2.52 bits per heavy atom. The van der Waals surface area contributed by atoms with Gasteiger partial charge >= 0.3 is 0 Å². The maximum atomic E-state index is 12.3. The Bertz CT molecular complexity index is 643. The number of nitrogens with zero attached hydrogens (tertiary/aromatic N) is 3. The Labute approximate surface area is 154 Å². The van der Waals surface area contributed by atoms with Crippen molar-refractivity contribution in [1.82, 2.24) is 9.21 Å². The van der Waals surface area contributed by atoms with Crippen molar-refractivity contribution in [3.05, 3.63) is 29.8 Å². The second-order valence-corrected chi connectivity index (χ2v) is 7.29. The fraction of sp³-hybridized carbons (Fsp3) is 0.500. The van der Waals surface area contributed by atoms with Gasteiger partial charge in [-0.2, -0.15) is 0 Å². The van der Waals surface area contributed by atoms with Gasteiger partial charge in [-0.15, -0.1) is 24.0 Å². The normalized spacial score (nSPS) is 16.3. The van der Waals surface area contributed by atoms with Crippen LogP contribution in [0.1, 0.15) is 5.56 Å². The van der Waals surface area contributed by atoms with Crippen molar-refractivity contribution in [2.75, 3.05) is 40.4 Å². The molecule has 1 fully saturated rings. The van der Waals surface area contributed by atoms with E-state index in [9.17, 15) is 8.42 Å². The summed E-state index contributed by atoms with van der Waals surface area (Å²) in [6, 6.07) is 6.84. The molecular weight excluding hydrogens is 431 g/mol. The zero-order valence-corrected chi connectivity index (χ0v) is 16.5. The van der Waals surface area contributed by atoms with Crippen LogP contribution in [0, 0.1) is 0 Å². The minimum absolute atomic E-state index is 0. The quantitative estimate of drug-likeness (QED) is 0.411. The average Bonchev–Trinajstić information content (AvgIpc) is 2.53. The Morgan fingerprint density at radius 1 is 1.30 bits per heavy atom. The zero-order valence-electron chi connectivity index (χ0n) is 13.3. The first kappa shape index (κ1) is 20.1. The molecule has 7 nitrogen and oxygen atoms in total. The molecule has 1 saturated heterocycles. The van der Waals surface area contributed by atoms with E-state index in [0.717, 1.165) is 0 Å². The first-order valence-corrected chi connectivity index (χ1v) is 8.50. The number of ether oxygens (including phenoxy) is 1. The third kappa shape index (κ3) is 5.03. The van der Waals surface area contributed by atoms with Crippen molar-refractivity contribution in [1.29, 1.82) is 0 Å². The monoisotopic (exact) mass is 454 g/mol. The van der Waals surface area contributed by atoms with E-state index < -0.39 is 10.0 Å². The van der Waals surface area contributed by atoms with Crippen LogP contribution in [0.4, 0.5) is 0 Å². The SMILES string of the molecule is CN(C)S(=O)(=O)c1ccccc1CN=C(N)N1CCOCC1.I. The highest BCUT2D eigenvalue weighted by atomic mass is 127. The first-order valence-electron chi connectivity index (χ1n) is 7.06. The van der Waals surface area contributed by atoms with Crippen LogP contribution in [0.25, 0.3) is 0 Å². The lowest BCUT2D eigenvalue weighted by Crippen LogP contribution is -2.44. The molecule has 0 bridgehead atoms. The summed E-state index contributed by atoms with van der Waals surface area (Å²) in [5.74, 6) is 0.417. The van der Waals surface area contributed by atoms with Gasteiger partial charge in [0.1, 0.15) is 0 Å². The molecule has 0 atom stereocenters. The summed E-state index contributed by atoms with van der Waals surface area (Å²) in [5.41, 5.74) is 6.61. The van der Waals surface area contributed by atoms with Gasteiger partial charge in [0.15, 0.2) is 5.96 Å². The second-order valence-electron chi connectivity index (χ2n) is 5.17. The lowest BCUT2D eigenvalue weighted by molar-refractivity contribution is 0.0674. The topological polar surface area (TPSA) is 88.2 Å². The van der Waals surface area contributed by atoms with Gasteiger partial charge in [0.25, 0.3) is 0 Å². The fourth-order valence-electron chi connectivity index (χ4n) is 2.14. The van der Waals surface area contributed by atoms with Crippen molar-refractivity contribution in [2.45, 2.75) is 11.4 Å². The molecular formula is C14H23IN4O3S. The van der Waals surface area contributed by atoms with Gasteiger partial charge < -0.3 is 15.4 Å². The number of sulfonamides is 1. The largest absolute Gasteiger partial charge is 0.378 e. The van der Waals surface area contributed by atoms with Crippen LogP contribution < -0.4 is 5.73 Å². The van der Waals surface area contributed by atoms with E-state index in [0.29, 0.717) is 37.8 Å². The molecule has 1 heterocycles. The molecule has 1 aromatic carbocycles. The summed E-state index contributed by atoms with van der Waals surface area (Å²) in [4.78, 5) is 6.53. The summed E-state index contributed by atoms with van der Waals surface area (Å²) < 4.78 is 31.1. The molecule has 1 aromatic rings. The van der Waals surface area contributed by atoms with Gasteiger partial charge in [-0.05, 0) is 11.6 Å². The number of guanidine groups is 1. The predicted octanol–water partition coefficient (Wildman–Crippen LogP) is 0.702. The van der Waals surface area contributed by atoms with Gasteiger partial charge in [0, 0.05) is 27.2 Å². The molecule has 9 heteroatoms. The van der Waals surface area contributed by atoms with Crippen molar-refractivity contribution in [3.8, 4) is 0 Å². The zero-order chi connectivity index (χ0) is 16.2. The number of morpholine rings is 1. The van der Waals surface area contributed by atoms with Crippen LogP contribution in [0.3, 0.4) is 0 Å². The summed E-state index contributed by atoms with van der Waals surface area (Å²) >= 11 is 0. The molecule has 0 radical (unpaired) electrons. The lowest BCUT2D eigenvalue weighted by atomic mass is 10.2. The number of nitrogens with two attached hydrogens (primary N) is 1. The van der Waals surface area contributed by atoms with E-state index in [1.165, 1.54) is 18.4 Å². The molecule has 0 unspecified atom stereocenters. The van der Waals surface area contributed by atoms with Crippen LogP contribution in [0.15, 0.2) is 34.2 Å². The number of rotatable bonds is 4. The molecule has 130 valence electrons. The number of halogens is 1. The third-order valence-corrected chi connectivity index (χ3v) is 5.39. The standard InChI is InChI=1S/C14H22N4O3S.HI/c1-17(2)22(19,20)13-6-4-3-5-12(13)11-16-14(15)18-7-9-21-10-8-18;/h3-6H,7-11H2,1-2H3,(H2,15,16);1H. The van der Waals surface area contributed by atoms with Crippen molar-refractivity contribution < 1.29 is 13.2 Å². The smallest absolute Gasteiger partial charge is 0.242 e. The highest BCUT2D eigenvalue weighted by Crippen LogP contribution is 2.19. The van der Waals surface area contributed by atoms with Crippen LogP contribution in [-0.4, -0.2) is 64.0 Å². The van der Waals surface area contributed by atoms with E-state index in [2.05, 4.69) is 4.99 Å². The molecule has 0 saturated carbocycles. The summed E-state index contributed by atoms with van der Waals surface area (Å²) in [5, 5.41) is 0. The van der Waals surface area contributed by atoms with Gasteiger partial charge in [-0.3, -0.25) is 0 Å². The van der Waals surface area contributed by atoms with E-state index >= 15 is 0 Å². The Hall–Kier alpha value is -0.910. The fourth-order valence-corrected chi connectivity index (χ4v) is 3.25. The van der Waals surface area contributed by atoms with Crippen LogP contribution in [0.5, 0.6) is 0 Å². The molecule has 0 spiro atoms. The van der Waals surface area contributed by atoms with E-state index in [1.807, 2.05) is 4.90 Å². The van der Waals surface area contributed by atoms with Gasteiger partial charge in [-0.25, -0.2) is 17.7 Å². The Kier molecular flexibility index (Phi) is 7.71. The Balaban J connectivity index is 0.00000264. The molecule has 0 aliphatic carbocycles. The molecule has 23 heavy (non-hydrogen) atoms. The number of hydrogen-bond acceptors (Lipinski definition) is 4. The maximum Gasteiger partial charge on any atom is 0.242 e. The van der Waals surface area contributed by atoms with E-state index in [-0.39, 0.29) is 35.4 Å². The second kappa shape index (κ2) is 8.81. The minimum atomic E-state index is -3.49. The van der Waals surface area contributed by atoms with Crippen molar-refractivity contribution in [2.24, 2.45) is 10.7 Å². The molecule has 2 N–H and O–H groups in total. The number of hydrogen-bond donors (Lipinski definition) is 1. The van der Waals surface area contributed by atoms with E-state index in [4.69, 9.17) is 10.5 Å². The van der Waals surface area contributed by atoms with Crippen molar-refractivity contribution in [3.63, 3.8) is 0 Å². The molecule has 0 aromatic heterocycles. The molecule has 0 amide bonds. The minimum Gasteiger partial charge on any atom is -0.378 e. The number of aliphatic imine (C=N–C) groups is 1. The van der Waals surface area contributed by atoms with Crippen LogP contribution >= 0.6 is 24.0 Å². The van der Waals surface area contributed by atoms with Gasteiger partial charge in [-0.1, -0.05) is 18.2 Å². The molecule has 1 aliphatic rings. The average molecular weight is 454 g/mol. The maximum absolute atomic E-state index is 12.3. The summed E-state index contributed by atoms with van der Waals surface area (Å²) in [6.07, 6.45) is 0. The van der Waals surface area contributed by atoms with Crippen LogP contribution in [-0.2, 0) is 21.3 Å². The molecule has 1 aliphatic heterocycles. The van der Waals surface area contributed by atoms with Crippen LogP contribution in [0.2, 0.25) is 0 Å². The Morgan fingerprint density at radius 2 is 1.91 bits per heavy atom. The van der Waals surface area contributed by atoms with Crippen molar-refractivity contribution >= 4 is 40.0 Å². The summed E-state index contributed by atoms with van der Waals surface area (Å²) in [6.45, 7) is 2.88. The van der Waals surface area contributed by atoms with E-state index in [1.54, 1.807) is 24.3 Å². The highest BCUT2D eigenvalue weighted by molar-refractivity contribution is 14.0. The first-order chi connectivity index (χ1) is 10.4. The summed E-state index contributed by atoms with van der Waals surface area (Å²) in [7, 11) is -0.468. The highest BCUT2D eigenvalue weighted by Gasteiger charge is 2.20. The van der Waals surface area contributed by atoms with Gasteiger partial charge in [0.2, 0.25) is 10.0 Å². The number of benzene rings is 1. The lowest BCUT2D eigenvalue weighted by Gasteiger charge is -2.27. The predicted molar refractivity (Wildman–Crippen MR) is 100 cm³/mol. The molecule has 2 rings (SSSR count). The van der Waals surface area contributed by atoms with Gasteiger partial charge in [0.05, 0.1) is 24.7 Å². The third-order valence-electron chi connectivity index (χ3n) is 3.48.